The van der Waals surface area contributed by atoms with Crippen molar-refractivity contribution in [3.8, 4) is 11.5 Å². The second-order valence-corrected chi connectivity index (χ2v) is 9.61. The number of nitrogens with one attached hydrogen (secondary N) is 2. The number of halogens is 1. The van der Waals surface area contributed by atoms with E-state index in [1.165, 1.54) is 0 Å². The van der Waals surface area contributed by atoms with Crippen LogP contribution in [0, 0.1) is 12.8 Å². The van der Waals surface area contributed by atoms with Gasteiger partial charge in [-0.25, -0.2) is 0 Å². The lowest BCUT2D eigenvalue weighted by molar-refractivity contribution is -0.130. The van der Waals surface area contributed by atoms with Gasteiger partial charge in [0.15, 0.2) is 22.3 Å². The molecule has 2 heterocycles. The minimum absolute atomic E-state index is 0.194. The number of aryl methyl sites for hydroxylation is 1. The lowest BCUT2D eigenvalue weighted by atomic mass is 9.78. The van der Waals surface area contributed by atoms with Crippen LogP contribution in [-0.2, 0) is 4.79 Å². The highest BCUT2D eigenvalue weighted by Crippen LogP contribution is 2.52. The average molecular weight is 508 g/mol. The predicted octanol–water partition coefficient (Wildman–Crippen LogP) is 5.85. The molecule has 2 aliphatic heterocycles. The first kappa shape index (κ1) is 23.5. The van der Waals surface area contributed by atoms with Gasteiger partial charge in [0.1, 0.15) is 5.92 Å². The lowest BCUT2D eigenvalue weighted by Crippen LogP contribution is -2.72. The molecule has 0 aliphatic carbocycles. The molecule has 8 heteroatoms. The Hall–Kier alpha value is -3.29. The number of ether oxygens (including phenoxy) is 2. The predicted molar refractivity (Wildman–Crippen MR) is 142 cm³/mol. The summed E-state index contributed by atoms with van der Waals surface area (Å²) in [5.74, 6) is 0.415. The number of hydrogen-bond donors (Lipinski definition) is 2. The number of fused-ring (bicyclic) bond motifs is 4. The van der Waals surface area contributed by atoms with Crippen LogP contribution in [0.3, 0.4) is 0 Å². The van der Waals surface area contributed by atoms with Gasteiger partial charge in [0.05, 0.1) is 12.6 Å². The molecule has 3 atom stereocenters. The zero-order valence-electron chi connectivity index (χ0n) is 19.7. The highest BCUT2D eigenvalue weighted by atomic mass is 35.5. The number of carbonyl (C=O) groups excluding carboxylic acids is 1. The maximum Gasteiger partial charge on any atom is 0.236 e. The van der Waals surface area contributed by atoms with Gasteiger partial charge in [-0.15, -0.1) is 0 Å². The molecule has 2 aliphatic rings. The molecule has 5 rings (SSSR count). The minimum Gasteiger partial charge on any atom is -0.490 e. The van der Waals surface area contributed by atoms with Crippen molar-refractivity contribution in [2.24, 2.45) is 5.92 Å². The molecular weight excluding hydrogens is 482 g/mol. The van der Waals surface area contributed by atoms with Crippen LogP contribution in [0.2, 0.25) is 5.02 Å². The summed E-state index contributed by atoms with van der Waals surface area (Å²) in [6.07, 6.45) is 0. The Balaban J connectivity index is 1.65. The number of rotatable bonds is 5. The summed E-state index contributed by atoms with van der Waals surface area (Å²) in [7, 11) is 0. The molecule has 2 bridgehead atoms. The van der Waals surface area contributed by atoms with E-state index in [-0.39, 0.29) is 5.91 Å². The van der Waals surface area contributed by atoms with E-state index < -0.39 is 17.7 Å². The molecule has 0 spiro atoms. The fourth-order valence-corrected chi connectivity index (χ4v) is 5.50. The molecular formula is C27H26ClN3O3S. The second-order valence-electron chi connectivity index (χ2n) is 8.79. The Bertz CT molecular complexity index is 1300. The standard InChI is InChI=1S/C27H26ClN3O3S/c1-4-33-21-11-7-9-19-23-22(25(32)29-18-14-12-17(28)13-15-18)27(3,34-24(19)21)31(26(35)30-23)20-10-6-5-8-16(20)2/h5-15,22-23H,4H2,1-3H3,(H,29,32)(H,30,35)/t22-,23-,27-/m1/s1. The van der Waals surface area contributed by atoms with Crippen molar-refractivity contribution >= 4 is 46.2 Å². The second kappa shape index (κ2) is 9.06. The third-order valence-electron chi connectivity index (χ3n) is 6.54. The zero-order chi connectivity index (χ0) is 24.7. The molecule has 3 aromatic carbocycles. The maximum atomic E-state index is 13.9. The molecule has 0 aromatic heterocycles. The molecule has 35 heavy (non-hydrogen) atoms. The van der Waals surface area contributed by atoms with Gasteiger partial charge >= 0.3 is 0 Å². The van der Waals surface area contributed by atoms with Crippen molar-refractivity contribution in [3.05, 3.63) is 82.9 Å². The molecule has 2 N–H and O–H groups in total. The van der Waals surface area contributed by atoms with Gasteiger partial charge in [0.25, 0.3) is 0 Å². The first-order valence-electron chi connectivity index (χ1n) is 11.5. The van der Waals surface area contributed by atoms with Crippen LogP contribution in [0.4, 0.5) is 11.4 Å². The van der Waals surface area contributed by atoms with E-state index in [1.54, 1.807) is 24.3 Å². The van der Waals surface area contributed by atoms with E-state index in [4.69, 9.17) is 33.3 Å². The summed E-state index contributed by atoms with van der Waals surface area (Å²) in [5, 5.41) is 7.58. The number of anilines is 2. The molecule has 3 aromatic rings. The number of para-hydroxylation sites is 2. The van der Waals surface area contributed by atoms with Crippen molar-refractivity contribution in [2.75, 3.05) is 16.8 Å². The van der Waals surface area contributed by atoms with Gasteiger partial charge in [-0.3, -0.25) is 9.69 Å². The normalized spacial score (nSPS) is 22.5. The van der Waals surface area contributed by atoms with Crippen molar-refractivity contribution in [1.82, 2.24) is 5.32 Å². The summed E-state index contributed by atoms with van der Waals surface area (Å²) >= 11 is 11.9. The fraction of sp³-hybridized carbons (Fsp3) is 0.259. The lowest BCUT2D eigenvalue weighted by Gasteiger charge is -2.56. The molecule has 0 saturated carbocycles. The Kier molecular flexibility index (Phi) is 6.07. The van der Waals surface area contributed by atoms with Crippen LogP contribution in [0.25, 0.3) is 0 Å². The van der Waals surface area contributed by atoms with Crippen LogP contribution in [0.5, 0.6) is 11.5 Å². The van der Waals surface area contributed by atoms with E-state index in [2.05, 4.69) is 10.6 Å². The maximum absolute atomic E-state index is 13.9. The fourth-order valence-electron chi connectivity index (χ4n) is 4.97. The van der Waals surface area contributed by atoms with Gasteiger partial charge in [-0.05, 0) is 75.0 Å². The number of nitrogens with zero attached hydrogens (tertiary/aromatic N) is 1. The Labute approximate surface area is 215 Å². The van der Waals surface area contributed by atoms with E-state index >= 15 is 0 Å². The number of thiocarbonyl (C=S) groups is 1. The first-order chi connectivity index (χ1) is 16.8. The van der Waals surface area contributed by atoms with Crippen LogP contribution in [0.1, 0.15) is 31.0 Å². The third-order valence-corrected chi connectivity index (χ3v) is 7.09. The van der Waals surface area contributed by atoms with Gasteiger partial charge in [0.2, 0.25) is 5.91 Å². The van der Waals surface area contributed by atoms with E-state index in [0.717, 1.165) is 16.8 Å². The third kappa shape index (κ3) is 3.98. The van der Waals surface area contributed by atoms with Crippen LogP contribution >= 0.6 is 23.8 Å². The van der Waals surface area contributed by atoms with Gasteiger partial charge < -0.3 is 20.1 Å². The first-order valence-corrected chi connectivity index (χ1v) is 12.3. The number of hydrogen-bond acceptors (Lipinski definition) is 4. The zero-order valence-corrected chi connectivity index (χ0v) is 21.2. The molecule has 1 amide bonds. The van der Waals surface area contributed by atoms with Crippen molar-refractivity contribution in [2.45, 2.75) is 32.5 Å². The smallest absolute Gasteiger partial charge is 0.236 e. The molecule has 0 radical (unpaired) electrons. The Morgan fingerprint density at radius 1 is 1.17 bits per heavy atom. The van der Waals surface area contributed by atoms with Crippen LogP contribution in [-0.4, -0.2) is 23.4 Å². The SMILES string of the molecule is CCOc1cccc2c1O[C@]1(C)[C@@H](C(=O)Nc3ccc(Cl)cc3)[C@@H]2NC(=S)N1c1ccccc1C. The van der Waals surface area contributed by atoms with Crippen LogP contribution in [0.15, 0.2) is 66.7 Å². The number of carbonyl (C=O) groups is 1. The summed E-state index contributed by atoms with van der Waals surface area (Å²) in [6, 6.07) is 20.3. The largest absolute Gasteiger partial charge is 0.490 e. The number of amides is 1. The molecule has 6 nitrogen and oxygen atoms in total. The highest BCUT2D eigenvalue weighted by Gasteiger charge is 2.59. The monoisotopic (exact) mass is 507 g/mol. The van der Waals surface area contributed by atoms with Gasteiger partial charge in [-0.2, -0.15) is 0 Å². The van der Waals surface area contributed by atoms with E-state index in [0.29, 0.717) is 33.9 Å². The average Bonchev–Trinajstić information content (AvgIpc) is 2.82. The summed E-state index contributed by atoms with van der Waals surface area (Å²) in [6.45, 7) is 6.35. The van der Waals surface area contributed by atoms with E-state index in [9.17, 15) is 4.79 Å². The van der Waals surface area contributed by atoms with Crippen molar-refractivity contribution in [3.63, 3.8) is 0 Å². The quantitative estimate of drug-likeness (QED) is 0.423. The number of benzene rings is 3. The molecule has 0 unspecified atom stereocenters. The summed E-state index contributed by atoms with van der Waals surface area (Å²) in [5.41, 5.74) is 2.24. The van der Waals surface area contributed by atoms with Gasteiger partial charge in [0, 0.05) is 22.0 Å². The molecule has 1 saturated heterocycles. The minimum atomic E-state index is -1.13. The Morgan fingerprint density at radius 2 is 1.91 bits per heavy atom. The summed E-state index contributed by atoms with van der Waals surface area (Å²) in [4.78, 5) is 15.8. The van der Waals surface area contributed by atoms with E-state index in [1.807, 2.05) is 68.1 Å². The summed E-state index contributed by atoms with van der Waals surface area (Å²) < 4.78 is 12.6. The van der Waals surface area contributed by atoms with Crippen LogP contribution < -0.4 is 25.0 Å². The Morgan fingerprint density at radius 3 is 2.63 bits per heavy atom. The van der Waals surface area contributed by atoms with Crippen molar-refractivity contribution in [1.29, 1.82) is 0 Å². The molecule has 1 fully saturated rings. The highest BCUT2D eigenvalue weighted by molar-refractivity contribution is 7.80. The van der Waals surface area contributed by atoms with Gasteiger partial charge in [-0.1, -0.05) is 41.9 Å². The topological polar surface area (TPSA) is 62.8 Å². The molecule has 180 valence electrons. The van der Waals surface area contributed by atoms with Crippen molar-refractivity contribution < 1.29 is 14.3 Å².